The predicted molar refractivity (Wildman–Crippen MR) is 109 cm³/mol. The number of nitrogens with one attached hydrogen (secondary N) is 3. The van der Waals surface area contributed by atoms with Crippen LogP contribution in [0.25, 0.3) is 0 Å². The number of benzene rings is 1. The largest absolute Gasteiger partial charge is 0.508 e. The summed E-state index contributed by atoms with van der Waals surface area (Å²) in [7, 11) is 0. The molecule has 0 aliphatic rings. The fourth-order valence-corrected chi connectivity index (χ4v) is 2.58. The monoisotopic (exact) mass is 422 g/mol. The number of carboxylic acid groups (broad SMARTS) is 1. The van der Waals surface area contributed by atoms with E-state index in [9.17, 15) is 29.4 Å². The third-order valence-electron chi connectivity index (χ3n) is 4.64. The van der Waals surface area contributed by atoms with Crippen LogP contribution >= 0.6 is 0 Å². The Morgan fingerprint density at radius 1 is 1.03 bits per heavy atom. The van der Waals surface area contributed by atoms with E-state index in [0.29, 0.717) is 12.0 Å². The molecular formula is C20H30N4O6. The Morgan fingerprint density at radius 2 is 1.63 bits per heavy atom. The van der Waals surface area contributed by atoms with E-state index in [4.69, 9.17) is 5.73 Å². The number of hydrogen-bond donors (Lipinski definition) is 6. The molecule has 0 saturated carbocycles. The summed E-state index contributed by atoms with van der Waals surface area (Å²) in [5.74, 6) is -3.19. The van der Waals surface area contributed by atoms with Gasteiger partial charge in [-0.25, -0.2) is 4.79 Å². The van der Waals surface area contributed by atoms with Gasteiger partial charge in [-0.05, 0) is 30.5 Å². The summed E-state index contributed by atoms with van der Waals surface area (Å²) in [5.41, 5.74) is 6.22. The lowest BCUT2D eigenvalue weighted by Gasteiger charge is -2.22. The van der Waals surface area contributed by atoms with Crippen molar-refractivity contribution in [3.8, 4) is 5.75 Å². The van der Waals surface area contributed by atoms with Crippen LogP contribution in [0, 0.1) is 5.92 Å². The molecule has 166 valence electrons. The van der Waals surface area contributed by atoms with Gasteiger partial charge in [-0.15, -0.1) is 0 Å². The average molecular weight is 422 g/mol. The lowest BCUT2D eigenvalue weighted by Crippen LogP contribution is -2.54. The van der Waals surface area contributed by atoms with E-state index in [1.165, 1.54) is 19.1 Å². The van der Waals surface area contributed by atoms with Crippen molar-refractivity contribution < 1.29 is 29.4 Å². The minimum atomic E-state index is -1.15. The molecule has 10 nitrogen and oxygen atoms in total. The number of hydrogen-bond acceptors (Lipinski definition) is 6. The van der Waals surface area contributed by atoms with Gasteiger partial charge in [-0.1, -0.05) is 32.4 Å². The fraction of sp³-hybridized carbons (Fsp3) is 0.500. The highest BCUT2D eigenvalue weighted by atomic mass is 16.4. The Balaban J connectivity index is 2.78. The summed E-state index contributed by atoms with van der Waals surface area (Å²) in [4.78, 5) is 48.0. The van der Waals surface area contributed by atoms with Crippen molar-refractivity contribution in [2.45, 2.75) is 51.7 Å². The first kappa shape index (κ1) is 24.9. The minimum absolute atomic E-state index is 0.0605. The lowest BCUT2D eigenvalue weighted by molar-refractivity contribution is -0.143. The number of phenols is 1. The Morgan fingerprint density at radius 3 is 2.13 bits per heavy atom. The van der Waals surface area contributed by atoms with Gasteiger partial charge in [0.1, 0.15) is 17.8 Å². The molecule has 4 unspecified atom stereocenters. The zero-order valence-electron chi connectivity index (χ0n) is 17.3. The van der Waals surface area contributed by atoms with Gasteiger partial charge in [0.05, 0.1) is 12.6 Å². The predicted octanol–water partition coefficient (Wildman–Crippen LogP) is -0.502. The van der Waals surface area contributed by atoms with Crippen molar-refractivity contribution in [2.24, 2.45) is 11.7 Å². The maximum atomic E-state index is 12.6. The summed E-state index contributed by atoms with van der Waals surface area (Å²) in [5, 5.41) is 25.9. The standard InChI is InChI=1S/C20H30N4O6/c1-4-11(2)17(20(29)30)24-16(26)10-22-19(28)15(23-18(27)12(3)21)9-13-5-7-14(25)8-6-13/h5-8,11-12,15,17,25H,4,9-10,21H2,1-3H3,(H,22,28)(H,23,27)(H,24,26)(H,29,30). The quantitative estimate of drug-likeness (QED) is 0.279. The number of carboxylic acids is 1. The molecule has 0 aromatic heterocycles. The zero-order chi connectivity index (χ0) is 22.8. The van der Waals surface area contributed by atoms with Crippen molar-refractivity contribution in [1.82, 2.24) is 16.0 Å². The van der Waals surface area contributed by atoms with E-state index < -0.39 is 48.4 Å². The van der Waals surface area contributed by atoms with Gasteiger partial charge in [-0.2, -0.15) is 0 Å². The molecule has 0 bridgehead atoms. The van der Waals surface area contributed by atoms with Crippen LogP contribution in [0.5, 0.6) is 5.75 Å². The number of rotatable bonds is 11. The van der Waals surface area contributed by atoms with Crippen molar-refractivity contribution in [3.63, 3.8) is 0 Å². The second kappa shape index (κ2) is 11.8. The molecule has 4 atom stereocenters. The number of carbonyl (C=O) groups excluding carboxylic acids is 3. The molecule has 0 aliphatic carbocycles. The zero-order valence-corrected chi connectivity index (χ0v) is 17.3. The van der Waals surface area contributed by atoms with Crippen LogP contribution in [0.1, 0.15) is 32.8 Å². The van der Waals surface area contributed by atoms with E-state index in [1.54, 1.807) is 19.1 Å². The van der Waals surface area contributed by atoms with Gasteiger partial charge in [-0.3, -0.25) is 14.4 Å². The van der Waals surface area contributed by atoms with Gasteiger partial charge < -0.3 is 31.9 Å². The van der Waals surface area contributed by atoms with Crippen molar-refractivity contribution in [1.29, 1.82) is 0 Å². The average Bonchev–Trinajstić information content (AvgIpc) is 2.70. The molecule has 0 fully saturated rings. The molecule has 10 heteroatoms. The first-order valence-corrected chi connectivity index (χ1v) is 9.68. The molecule has 0 heterocycles. The SMILES string of the molecule is CCC(C)C(NC(=O)CNC(=O)C(Cc1ccc(O)cc1)NC(=O)C(C)N)C(=O)O. The first-order chi connectivity index (χ1) is 14.0. The molecule has 0 spiro atoms. The number of aromatic hydroxyl groups is 1. The summed E-state index contributed by atoms with van der Waals surface area (Å²) in [6.07, 6.45) is 0.665. The molecule has 30 heavy (non-hydrogen) atoms. The smallest absolute Gasteiger partial charge is 0.326 e. The molecule has 0 saturated heterocycles. The van der Waals surface area contributed by atoms with E-state index in [2.05, 4.69) is 16.0 Å². The number of aliphatic carboxylic acids is 1. The van der Waals surface area contributed by atoms with Gasteiger partial charge in [0.2, 0.25) is 17.7 Å². The summed E-state index contributed by atoms with van der Waals surface area (Å²) in [6.45, 7) is 4.54. The summed E-state index contributed by atoms with van der Waals surface area (Å²) in [6, 6.07) is 3.19. The second-order valence-corrected chi connectivity index (χ2v) is 7.21. The van der Waals surface area contributed by atoms with E-state index >= 15 is 0 Å². The van der Waals surface area contributed by atoms with Crippen molar-refractivity contribution in [2.75, 3.05) is 6.54 Å². The minimum Gasteiger partial charge on any atom is -0.508 e. The van der Waals surface area contributed by atoms with Crippen molar-refractivity contribution >= 4 is 23.7 Å². The first-order valence-electron chi connectivity index (χ1n) is 9.68. The third kappa shape index (κ3) is 8.08. The van der Waals surface area contributed by atoms with Gasteiger partial charge in [0, 0.05) is 6.42 Å². The molecule has 0 aliphatic heterocycles. The molecule has 1 aromatic carbocycles. The maximum Gasteiger partial charge on any atom is 0.326 e. The number of carbonyl (C=O) groups is 4. The summed E-state index contributed by atoms with van der Waals surface area (Å²) < 4.78 is 0. The van der Waals surface area contributed by atoms with Crippen LogP contribution in [0.2, 0.25) is 0 Å². The molecule has 1 aromatic rings. The highest BCUT2D eigenvalue weighted by Crippen LogP contribution is 2.12. The fourth-order valence-electron chi connectivity index (χ4n) is 2.58. The normalized spacial score (nSPS) is 14.7. The topological polar surface area (TPSA) is 171 Å². The number of phenolic OH excluding ortho intramolecular Hbond substituents is 1. The Labute approximate surface area is 175 Å². The van der Waals surface area contributed by atoms with Crippen LogP contribution in [-0.4, -0.2) is 58.6 Å². The highest BCUT2D eigenvalue weighted by molar-refractivity contribution is 5.92. The van der Waals surface area contributed by atoms with Crippen LogP contribution < -0.4 is 21.7 Å². The highest BCUT2D eigenvalue weighted by Gasteiger charge is 2.27. The molecule has 0 radical (unpaired) electrons. The third-order valence-corrected chi connectivity index (χ3v) is 4.64. The number of amides is 3. The molecule has 1 rings (SSSR count). The van der Waals surface area contributed by atoms with Crippen LogP contribution in [0.3, 0.4) is 0 Å². The molecule has 3 amide bonds. The Bertz CT molecular complexity index is 750. The van der Waals surface area contributed by atoms with Crippen molar-refractivity contribution in [3.05, 3.63) is 29.8 Å². The Kier molecular flexibility index (Phi) is 9.76. The second-order valence-electron chi connectivity index (χ2n) is 7.21. The number of nitrogens with two attached hydrogens (primary N) is 1. The Hall–Kier alpha value is -3.14. The van der Waals surface area contributed by atoms with Crippen LogP contribution in [-0.2, 0) is 25.6 Å². The lowest BCUT2D eigenvalue weighted by atomic mass is 9.99. The van der Waals surface area contributed by atoms with Gasteiger partial charge in [0.15, 0.2) is 0 Å². The van der Waals surface area contributed by atoms with E-state index in [1.807, 2.05) is 6.92 Å². The van der Waals surface area contributed by atoms with Crippen LogP contribution in [0.4, 0.5) is 0 Å². The molecule has 7 N–H and O–H groups in total. The van der Waals surface area contributed by atoms with Crippen LogP contribution in [0.15, 0.2) is 24.3 Å². The molecular weight excluding hydrogens is 392 g/mol. The summed E-state index contributed by atoms with van der Waals surface area (Å²) >= 11 is 0. The maximum absolute atomic E-state index is 12.6. The van der Waals surface area contributed by atoms with Gasteiger partial charge >= 0.3 is 5.97 Å². The van der Waals surface area contributed by atoms with Gasteiger partial charge in [0.25, 0.3) is 0 Å². The van der Waals surface area contributed by atoms with E-state index in [0.717, 1.165) is 0 Å². The van der Waals surface area contributed by atoms with E-state index in [-0.39, 0.29) is 18.1 Å².